The van der Waals surface area contributed by atoms with Crippen molar-refractivity contribution in [2.75, 3.05) is 6.61 Å². The molecule has 3 heteroatoms. The summed E-state index contributed by atoms with van der Waals surface area (Å²) < 4.78 is 10.7. The minimum Gasteiger partial charge on any atom is -0.493 e. The summed E-state index contributed by atoms with van der Waals surface area (Å²) in [5.74, 6) is 1.44. The first-order chi connectivity index (χ1) is 8.24. The number of furan rings is 1. The highest BCUT2D eigenvalue weighted by Crippen LogP contribution is 2.31. The molecule has 1 aromatic carbocycles. The van der Waals surface area contributed by atoms with E-state index in [0.717, 1.165) is 16.9 Å². The largest absolute Gasteiger partial charge is 0.493 e. The lowest BCUT2D eigenvalue weighted by atomic mass is 10.0. The van der Waals surface area contributed by atoms with Crippen LogP contribution in [0.4, 0.5) is 0 Å². The molecule has 3 nitrogen and oxygen atoms in total. The molecule has 0 aliphatic rings. The lowest BCUT2D eigenvalue weighted by molar-refractivity contribution is 0.210. The van der Waals surface area contributed by atoms with E-state index in [4.69, 9.17) is 9.15 Å². The van der Waals surface area contributed by atoms with Gasteiger partial charge in [0, 0.05) is 11.1 Å². The molecule has 0 aliphatic carbocycles. The maximum absolute atomic E-state index is 10.3. The van der Waals surface area contributed by atoms with E-state index in [1.54, 1.807) is 12.3 Å². The summed E-state index contributed by atoms with van der Waals surface area (Å²) in [6, 6.07) is 9.28. The summed E-state index contributed by atoms with van der Waals surface area (Å²) in [7, 11) is 0. The van der Waals surface area contributed by atoms with E-state index < -0.39 is 6.10 Å². The van der Waals surface area contributed by atoms with Gasteiger partial charge >= 0.3 is 0 Å². The van der Waals surface area contributed by atoms with Crippen molar-refractivity contribution in [1.29, 1.82) is 0 Å². The van der Waals surface area contributed by atoms with Crippen LogP contribution >= 0.6 is 0 Å². The van der Waals surface area contributed by atoms with Crippen molar-refractivity contribution in [3.63, 3.8) is 0 Å². The zero-order chi connectivity index (χ0) is 12.3. The maximum atomic E-state index is 10.3. The topological polar surface area (TPSA) is 42.6 Å². The van der Waals surface area contributed by atoms with Gasteiger partial charge in [0.05, 0.1) is 12.9 Å². The van der Waals surface area contributed by atoms with Gasteiger partial charge in [-0.05, 0) is 26.0 Å². The summed E-state index contributed by atoms with van der Waals surface area (Å²) >= 11 is 0. The predicted octanol–water partition coefficient (Wildman–Crippen LogP) is 3.07. The van der Waals surface area contributed by atoms with Gasteiger partial charge in [-0.1, -0.05) is 18.2 Å². The second-order valence-corrected chi connectivity index (χ2v) is 3.81. The molecule has 0 bridgehead atoms. The molecule has 1 heterocycles. The van der Waals surface area contributed by atoms with Crippen molar-refractivity contribution in [3.05, 3.63) is 53.5 Å². The molecule has 0 saturated carbocycles. The number of aliphatic hydroxyl groups excluding tert-OH is 1. The second kappa shape index (κ2) is 5.06. The smallest absolute Gasteiger partial charge is 0.125 e. The Labute approximate surface area is 101 Å². The van der Waals surface area contributed by atoms with Gasteiger partial charge in [0.1, 0.15) is 17.6 Å². The van der Waals surface area contributed by atoms with Crippen molar-refractivity contribution >= 4 is 0 Å². The molecule has 0 fully saturated rings. The lowest BCUT2D eigenvalue weighted by Crippen LogP contribution is -2.04. The van der Waals surface area contributed by atoms with Crippen molar-refractivity contribution in [3.8, 4) is 5.75 Å². The Morgan fingerprint density at radius 2 is 2.00 bits per heavy atom. The molecule has 0 radical (unpaired) electrons. The quantitative estimate of drug-likeness (QED) is 0.880. The highest BCUT2D eigenvalue weighted by Gasteiger charge is 2.18. The Hall–Kier alpha value is -1.74. The van der Waals surface area contributed by atoms with Crippen molar-refractivity contribution in [2.45, 2.75) is 20.0 Å². The van der Waals surface area contributed by atoms with Crippen LogP contribution in [0.3, 0.4) is 0 Å². The molecule has 90 valence electrons. The number of hydrogen-bond donors (Lipinski definition) is 1. The highest BCUT2D eigenvalue weighted by molar-refractivity contribution is 5.40. The van der Waals surface area contributed by atoms with Crippen LogP contribution in [0.2, 0.25) is 0 Å². The molecule has 2 rings (SSSR count). The number of aliphatic hydroxyl groups is 1. The zero-order valence-corrected chi connectivity index (χ0v) is 10.0. The van der Waals surface area contributed by atoms with Gasteiger partial charge < -0.3 is 14.3 Å². The van der Waals surface area contributed by atoms with Crippen LogP contribution in [0.1, 0.15) is 29.9 Å². The number of aryl methyl sites for hydroxylation is 1. The van der Waals surface area contributed by atoms with E-state index in [1.165, 1.54) is 0 Å². The summed E-state index contributed by atoms with van der Waals surface area (Å²) in [5, 5.41) is 10.3. The first-order valence-electron chi connectivity index (χ1n) is 5.67. The second-order valence-electron chi connectivity index (χ2n) is 3.81. The molecule has 1 unspecified atom stereocenters. The average molecular weight is 232 g/mol. The SMILES string of the molecule is CCOc1ccccc1C(O)c1ccoc1C. The molecule has 2 aromatic rings. The van der Waals surface area contributed by atoms with E-state index in [-0.39, 0.29) is 0 Å². The van der Waals surface area contributed by atoms with E-state index in [1.807, 2.05) is 38.1 Å². The first-order valence-corrected chi connectivity index (χ1v) is 5.67. The monoisotopic (exact) mass is 232 g/mol. The van der Waals surface area contributed by atoms with Crippen LogP contribution in [0.5, 0.6) is 5.75 Å². The molecular formula is C14H16O3. The third-order valence-electron chi connectivity index (χ3n) is 2.71. The summed E-state index contributed by atoms with van der Waals surface area (Å²) in [4.78, 5) is 0. The average Bonchev–Trinajstić information content (AvgIpc) is 2.76. The fourth-order valence-electron chi connectivity index (χ4n) is 1.84. The number of rotatable bonds is 4. The molecule has 0 saturated heterocycles. The molecule has 0 amide bonds. The predicted molar refractivity (Wildman–Crippen MR) is 65.1 cm³/mol. The lowest BCUT2D eigenvalue weighted by Gasteiger charge is -2.15. The van der Waals surface area contributed by atoms with Crippen LogP contribution in [0, 0.1) is 6.92 Å². The van der Waals surface area contributed by atoms with Gasteiger partial charge in [-0.2, -0.15) is 0 Å². The Kier molecular flexibility index (Phi) is 3.49. The summed E-state index contributed by atoms with van der Waals surface area (Å²) in [6.45, 7) is 4.34. The first kappa shape index (κ1) is 11.7. The van der Waals surface area contributed by atoms with Gasteiger partial charge in [0.25, 0.3) is 0 Å². The number of para-hydroxylation sites is 1. The standard InChI is InChI=1S/C14H16O3/c1-3-16-13-7-5-4-6-12(13)14(15)11-8-9-17-10(11)2/h4-9,14-15H,3H2,1-2H3. The Bertz CT molecular complexity index is 488. The molecule has 0 aliphatic heterocycles. The van der Waals surface area contributed by atoms with E-state index in [0.29, 0.717) is 12.4 Å². The Morgan fingerprint density at radius 1 is 1.24 bits per heavy atom. The normalized spacial score (nSPS) is 12.4. The van der Waals surface area contributed by atoms with Gasteiger partial charge in [0.2, 0.25) is 0 Å². The zero-order valence-electron chi connectivity index (χ0n) is 10.0. The molecule has 1 aromatic heterocycles. The van der Waals surface area contributed by atoms with Crippen LogP contribution in [0.25, 0.3) is 0 Å². The molecular weight excluding hydrogens is 216 g/mol. The van der Waals surface area contributed by atoms with Gasteiger partial charge in [-0.3, -0.25) is 0 Å². The van der Waals surface area contributed by atoms with Crippen molar-refractivity contribution in [1.82, 2.24) is 0 Å². The molecule has 1 atom stereocenters. The third-order valence-corrected chi connectivity index (χ3v) is 2.71. The minimum atomic E-state index is -0.712. The maximum Gasteiger partial charge on any atom is 0.125 e. The molecule has 17 heavy (non-hydrogen) atoms. The van der Waals surface area contributed by atoms with Crippen LogP contribution in [-0.2, 0) is 0 Å². The number of benzene rings is 1. The Balaban J connectivity index is 2.37. The summed E-state index contributed by atoms with van der Waals surface area (Å²) in [5.41, 5.74) is 1.54. The van der Waals surface area contributed by atoms with E-state index in [9.17, 15) is 5.11 Å². The van der Waals surface area contributed by atoms with Crippen molar-refractivity contribution in [2.24, 2.45) is 0 Å². The minimum absolute atomic E-state index is 0.577. The fourth-order valence-corrected chi connectivity index (χ4v) is 1.84. The molecule has 1 N–H and O–H groups in total. The van der Waals surface area contributed by atoms with Crippen LogP contribution in [-0.4, -0.2) is 11.7 Å². The Morgan fingerprint density at radius 3 is 2.65 bits per heavy atom. The van der Waals surface area contributed by atoms with E-state index >= 15 is 0 Å². The van der Waals surface area contributed by atoms with Gasteiger partial charge in [0.15, 0.2) is 0 Å². The third kappa shape index (κ3) is 2.34. The van der Waals surface area contributed by atoms with Gasteiger partial charge in [-0.25, -0.2) is 0 Å². The summed E-state index contributed by atoms with van der Waals surface area (Å²) in [6.07, 6.45) is 0.869. The van der Waals surface area contributed by atoms with E-state index in [2.05, 4.69) is 0 Å². The number of hydrogen-bond acceptors (Lipinski definition) is 3. The number of ether oxygens (including phenoxy) is 1. The van der Waals surface area contributed by atoms with Crippen LogP contribution < -0.4 is 4.74 Å². The van der Waals surface area contributed by atoms with Crippen LogP contribution in [0.15, 0.2) is 41.0 Å². The van der Waals surface area contributed by atoms with Crippen molar-refractivity contribution < 1.29 is 14.3 Å². The molecule has 0 spiro atoms. The highest BCUT2D eigenvalue weighted by atomic mass is 16.5. The van der Waals surface area contributed by atoms with Gasteiger partial charge in [-0.15, -0.1) is 0 Å². The fraction of sp³-hybridized carbons (Fsp3) is 0.286.